The summed E-state index contributed by atoms with van der Waals surface area (Å²) in [6.45, 7) is 1.86. The number of ether oxygens (including phenoxy) is 1. The average molecular weight is 209 g/mol. The van der Waals surface area contributed by atoms with E-state index in [1.165, 1.54) is 25.5 Å². The molecule has 1 N–H and O–H groups in total. The van der Waals surface area contributed by atoms with Crippen molar-refractivity contribution in [1.82, 2.24) is 0 Å². The number of hydrogen-bond acceptors (Lipinski definition) is 3. The molecule has 3 nitrogen and oxygen atoms in total. The number of carbonyl (C=O) groups is 1. The first kappa shape index (κ1) is 11.2. The van der Waals surface area contributed by atoms with Gasteiger partial charge in [0.25, 0.3) is 0 Å². The lowest BCUT2D eigenvalue weighted by Gasteiger charge is -2.03. The fraction of sp³-hybridized carbons (Fsp3) is 0.182. The lowest BCUT2D eigenvalue weighted by Crippen LogP contribution is -1.97. The number of methoxy groups -OCH3 is 1. The van der Waals surface area contributed by atoms with Crippen molar-refractivity contribution < 1.29 is 13.9 Å². The standard InChI is InChI=1S/C11H12FNO2/c1-8-3-4-9(12)10(7-8)13-6-5-11(14)15-2/h3-7,13H,1-2H3/b6-5+. The van der Waals surface area contributed by atoms with Gasteiger partial charge in [-0.1, -0.05) is 6.07 Å². The zero-order valence-corrected chi connectivity index (χ0v) is 8.58. The second-order valence-electron chi connectivity index (χ2n) is 2.98. The molecule has 0 saturated heterocycles. The Morgan fingerprint density at radius 3 is 2.93 bits per heavy atom. The zero-order chi connectivity index (χ0) is 11.3. The van der Waals surface area contributed by atoms with Crippen molar-refractivity contribution in [2.24, 2.45) is 0 Å². The van der Waals surface area contributed by atoms with E-state index in [9.17, 15) is 9.18 Å². The molecule has 0 aliphatic carbocycles. The van der Waals surface area contributed by atoms with Crippen molar-refractivity contribution >= 4 is 11.7 Å². The Morgan fingerprint density at radius 2 is 2.27 bits per heavy atom. The molecule has 0 unspecified atom stereocenters. The third-order valence-electron chi connectivity index (χ3n) is 1.78. The first-order valence-electron chi connectivity index (χ1n) is 4.40. The lowest BCUT2D eigenvalue weighted by molar-refractivity contribution is -0.134. The van der Waals surface area contributed by atoms with Gasteiger partial charge in [0.2, 0.25) is 0 Å². The van der Waals surface area contributed by atoms with Crippen LogP contribution in [0.3, 0.4) is 0 Å². The SMILES string of the molecule is COC(=O)/C=C/Nc1cc(C)ccc1F. The summed E-state index contributed by atoms with van der Waals surface area (Å²) in [5.74, 6) is -0.856. The Balaban J connectivity index is 2.68. The van der Waals surface area contributed by atoms with Gasteiger partial charge in [0.05, 0.1) is 12.8 Å². The summed E-state index contributed by atoms with van der Waals surface area (Å²) in [5, 5.41) is 2.66. The van der Waals surface area contributed by atoms with Crippen LogP contribution >= 0.6 is 0 Å². The van der Waals surface area contributed by atoms with E-state index in [0.717, 1.165) is 5.56 Å². The van der Waals surface area contributed by atoms with Crippen LogP contribution in [0, 0.1) is 12.7 Å². The Hall–Kier alpha value is -1.84. The minimum absolute atomic E-state index is 0.329. The van der Waals surface area contributed by atoms with Gasteiger partial charge < -0.3 is 10.1 Å². The summed E-state index contributed by atoms with van der Waals surface area (Å²) in [6, 6.07) is 4.69. The van der Waals surface area contributed by atoms with Crippen LogP contribution in [0.25, 0.3) is 0 Å². The van der Waals surface area contributed by atoms with Gasteiger partial charge in [-0.15, -0.1) is 0 Å². The second-order valence-corrected chi connectivity index (χ2v) is 2.98. The molecule has 0 radical (unpaired) electrons. The van der Waals surface area contributed by atoms with Crippen molar-refractivity contribution in [3.05, 3.63) is 41.9 Å². The van der Waals surface area contributed by atoms with E-state index in [4.69, 9.17) is 0 Å². The molecule has 0 heterocycles. The number of nitrogens with one attached hydrogen (secondary N) is 1. The molecule has 0 bridgehead atoms. The van der Waals surface area contributed by atoms with Crippen LogP contribution in [0.1, 0.15) is 5.56 Å². The molecule has 0 amide bonds. The van der Waals surface area contributed by atoms with Gasteiger partial charge in [-0.25, -0.2) is 9.18 Å². The van der Waals surface area contributed by atoms with Crippen LogP contribution in [-0.4, -0.2) is 13.1 Å². The average Bonchev–Trinajstić information content (AvgIpc) is 2.23. The number of carbonyl (C=O) groups excluding carboxylic acids is 1. The molecule has 15 heavy (non-hydrogen) atoms. The zero-order valence-electron chi connectivity index (χ0n) is 8.58. The van der Waals surface area contributed by atoms with Gasteiger partial charge in [-0.05, 0) is 24.6 Å². The largest absolute Gasteiger partial charge is 0.466 e. The summed E-state index contributed by atoms with van der Waals surface area (Å²) in [4.78, 5) is 10.7. The fourth-order valence-electron chi connectivity index (χ4n) is 1.02. The van der Waals surface area contributed by atoms with Gasteiger partial charge in [0, 0.05) is 12.3 Å². The molecule has 80 valence electrons. The third-order valence-corrected chi connectivity index (χ3v) is 1.78. The molecule has 0 aliphatic rings. The molecule has 1 aromatic carbocycles. The first-order chi connectivity index (χ1) is 7.13. The highest BCUT2D eigenvalue weighted by atomic mass is 19.1. The maximum absolute atomic E-state index is 13.2. The summed E-state index contributed by atoms with van der Waals surface area (Å²) in [6.07, 6.45) is 2.52. The van der Waals surface area contributed by atoms with E-state index in [2.05, 4.69) is 10.1 Å². The summed E-state index contributed by atoms with van der Waals surface area (Å²) in [7, 11) is 1.28. The number of hydrogen-bond donors (Lipinski definition) is 1. The van der Waals surface area contributed by atoms with Gasteiger partial charge in [0.1, 0.15) is 5.82 Å². The van der Waals surface area contributed by atoms with Gasteiger partial charge in [0.15, 0.2) is 0 Å². The number of aryl methyl sites for hydroxylation is 1. The molecule has 1 aromatic rings. The molecule has 0 aromatic heterocycles. The van der Waals surface area contributed by atoms with Crippen molar-refractivity contribution in [3.63, 3.8) is 0 Å². The third kappa shape index (κ3) is 3.42. The number of anilines is 1. The minimum Gasteiger partial charge on any atom is -0.466 e. The van der Waals surface area contributed by atoms with Crippen molar-refractivity contribution in [3.8, 4) is 0 Å². The van der Waals surface area contributed by atoms with E-state index in [1.807, 2.05) is 6.92 Å². The fourth-order valence-corrected chi connectivity index (χ4v) is 1.02. The molecule has 0 spiro atoms. The van der Waals surface area contributed by atoms with Crippen LogP contribution < -0.4 is 5.32 Å². The molecular formula is C11H12FNO2. The molecule has 0 atom stereocenters. The number of rotatable bonds is 3. The van der Waals surface area contributed by atoms with Crippen LogP contribution in [0.5, 0.6) is 0 Å². The Kier molecular flexibility index (Phi) is 3.85. The summed E-state index contributed by atoms with van der Waals surface area (Å²) < 4.78 is 17.5. The highest BCUT2D eigenvalue weighted by Crippen LogP contribution is 2.15. The Labute approximate surface area is 87.6 Å². The van der Waals surface area contributed by atoms with E-state index in [-0.39, 0.29) is 5.82 Å². The Bertz CT molecular complexity index is 388. The number of benzene rings is 1. The van der Waals surface area contributed by atoms with Crippen molar-refractivity contribution in [2.45, 2.75) is 6.92 Å². The topological polar surface area (TPSA) is 38.3 Å². The second kappa shape index (κ2) is 5.14. The van der Waals surface area contributed by atoms with Gasteiger partial charge in [-0.2, -0.15) is 0 Å². The predicted octanol–water partition coefficient (Wildman–Crippen LogP) is 2.23. The molecule has 1 rings (SSSR count). The molecule has 0 aliphatic heterocycles. The van der Waals surface area contributed by atoms with E-state index in [0.29, 0.717) is 5.69 Å². The van der Waals surface area contributed by atoms with E-state index >= 15 is 0 Å². The summed E-state index contributed by atoms with van der Waals surface area (Å²) >= 11 is 0. The van der Waals surface area contributed by atoms with Crippen molar-refractivity contribution in [1.29, 1.82) is 0 Å². The molecule has 0 saturated carbocycles. The van der Waals surface area contributed by atoms with E-state index in [1.54, 1.807) is 12.1 Å². The van der Waals surface area contributed by atoms with Crippen LogP contribution in [0.2, 0.25) is 0 Å². The maximum Gasteiger partial charge on any atom is 0.331 e. The molecular weight excluding hydrogens is 197 g/mol. The number of esters is 1. The first-order valence-corrected chi connectivity index (χ1v) is 4.40. The molecule has 4 heteroatoms. The van der Waals surface area contributed by atoms with Crippen LogP contribution in [0.15, 0.2) is 30.5 Å². The number of halogens is 1. The van der Waals surface area contributed by atoms with Crippen LogP contribution in [-0.2, 0) is 9.53 Å². The quantitative estimate of drug-likeness (QED) is 0.612. The monoisotopic (exact) mass is 209 g/mol. The predicted molar refractivity (Wildman–Crippen MR) is 55.9 cm³/mol. The smallest absolute Gasteiger partial charge is 0.331 e. The summed E-state index contributed by atoms with van der Waals surface area (Å²) in [5.41, 5.74) is 1.26. The van der Waals surface area contributed by atoms with Crippen LogP contribution in [0.4, 0.5) is 10.1 Å². The van der Waals surface area contributed by atoms with Crippen molar-refractivity contribution in [2.75, 3.05) is 12.4 Å². The van der Waals surface area contributed by atoms with Gasteiger partial charge >= 0.3 is 5.97 Å². The lowest BCUT2D eigenvalue weighted by atomic mass is 10.2. The Morgan fingerprint density at radius 1 is 1.53 bits per heavy atom. The minimum atomic E-state index is -0.490. The molecule has 0 fully saturated rings. The highest BCUT2D eigenvalue weighted by molar-refractivity contribution is 5.82. The normalized spacial score (nSPS) is 10.3. The van der Waals surface area contributed by atoms with E-state index < -0.39 is 5.97 Å². The van der Waals surface area contributed by atoms with Gasteiger partial charge in [-0.3, -0.25) is 0 Å². The highest BCUT2D eigenvalue weighted by Gasteiger charge is 1.99. The maximum atomic E-state index is 13.2.